The monoisotopic (exact) mass is 202 g/mol. The van der Waals surface area contributed by atoms with Gasteiger partial charge in [0.1, 0.15) is 5.75 Å². The van der Waals surface area contributed by atoms with Gasteiger partial charge in [0.25, 0.3) is 0 Å². The standard InChI is InChI=1S/C14H18O/c1-15-14-11-7-6-10-13(14)12-8-4-2-3-5-9-12/h4,6-8,10-12H,2-3,5,9H2,1H3. The fourth-order valence-corrected chi connectivity index (χ4v) is 2.22. The van der Waals surface area contributed by atoms with Crippen molar-refractivity contribution in [3.05, 3.63) is 42.0 Å². The molecule has 1 nitrogen and oxygen atoms in total. The number of para-hydroxylation sites is 1. The number of methoxy groups -OCH3 is 1. The number of hydrogen-bond donors (Lipinski definition) is 0. The summed E-state index contributed by atoms with van der Waals surface area (Å²) >= 11 is 0. The van der Waals surface area contributed by atoms with Gasteiger partial charge in [0.2, 0.25) is 0 Å². The highest BCUT2D eigenvalue weighted by molar-refractivity contribution is 5.38. The Bertz CT molecular complexity index is 341. The molecular weight excluding hydrogens is 184 g/mol. The highest BCUT2D eigenvalue weighted by Gasteiger charge is 2.13. The molecule has 1 atom stereocenters. The van der Waals surface area contributed by atoms with E-state index in [1.807, 2.05) is 12.1 Å². The van der Waals surface area contributed by atoms with E-state index in [-0.39, 0.29) is 0 Å². The fraction of sp³-hybridized carbons (Fsp3) is 0.429. The normalized spacial score (nSPS) is 21.0. The maximum atomic E-state index is 5.41. The number of rotatable bonds is 2. The number of benzene rings is 1. The Hall–Kier alpha value is -1.24. The summed E-state index contributed by atoms with van der Waals surface area (Å²) in [6.45, 7) is 0. The summed E-state index contributed by atoms with van der Waals surface area (Å²) in [4.78, 5) is 0. The summed E-state index contributed by atoms with van der Waals surface area (Å²) in [6.07, 6.45) is 9.76. The van der Waals surface area contributed by atoms with Crippen LogP contribution in [0.3, 0.4) is 0 Å². The SMILES string of the molecule is COc1ccccc1C1C=CCCCC1. The first-order valence-electron chi connectivity index (χ1n) is 5.71. The van der Waals surface area contributed by atoms with Gasteiger partial charge in [-0.2, -0.15) is 0 Å². The van der Waals surface area contributed by atoms with Crippen molar-refractivity contribution in [2.75, 3.05) is 7.11 Å². The van der Waals surface area contributed by atoms with E-state index in [0.29, 0.717) is 5.92 Å². The van der Waals surface area contributed by atoms with Crippen LogP contribution in [0.15, 0.2) is 36.4 Å². The van der Waals surface area contributed by atoms with Crippen molar-refractivity contribution < 1.29 is 4.74 Å². The molecule has 0 N–H and O–H groups in total. The molecular formula is C14H18O. The molecule has 0 fully saturated rings. The van der Waals surface area contributed by atoms with Crippen LogP contribution in [0.4, 0.5) is 0 Å². The second-order valence-corrected chi connectivity index (χ2v) is 4.06. The minimum absolute atomic E-state index is 0.545. The van der Waals surface area contributed by atoms with Gasteiger partial charge in [-0.25, -0.2) is 0 Å². The van der Waals surface area contributed by atoms with Crippen LogP contribution in [0.5, 0.6) is 5.75 Å². The first-order valence-corrected chi connectivity index (χ1v) is 5.71. The topological polar surface area (TPSA) is 9.23 Å². The maximum Gasteiger partial charge on any atom is 0.122 e. The van der Waals surface area contributed by atoms with Crippen molar-refractivity contribution in [1.29, 1.82) is 0 Å². The summed E-state index contributed by atoms with van der Waals surface area (Å²) in [5.41, 5.74) is 1.33. The predicted molar refractivity (Wildman–Crippen MR) is 63.3 cm³/mol. The highest BCUT2D eigenvalue weighted by Crippen LogP contribution is 2.32. The smallest absolute Gasteiger partial charge is 0.122 e. The molecule has 1 aromatic carbocycles. The largest absolute Gasteiger partial charge is 0.496 e. The lowest BCUT2D eigenvalue weighted by molar-refractivity contribution is 0.407. The lowest BCUT2D eigenvalue weighted by Gasteiger charge is -2.15. The van der Waals surface area contributed by atoms with Crippen LogP contribution in [-0.2, 0) is 0 Å². The Morgan fingerprint density at radius 1 is 1.20 bits per heavy atom. The van der Waals surface area contributed by atoms with Crippen LogP contribution in [0.2, 0.25) is 0 Å². The molecule has 0 saturated heterocycles. The average Bonchev–Trinajstić information content (AvgIpc) is 2.57. The first-order chi connectivity index (χ1) is 7.42. The van der Waals surface area contributed by atoms with E-state index in [9.17, 15) is 0 Å². The van der Waals surface area contributed by atoms with Gasteiger partial charge >= 0.3 is 0 Å². The molecule has 0 heterocycles. The molecule has 15 heavy (non-hydrogen) atoms. The Morgan fingerprint density at radius 3 is 2.93 bits per heavy atom. The van der Waals surface area contributed by atoms with E-state index < -0.39 is 0 Å². The van der Waals surface area contributed by atoms with Gasteiger partial charge in [0.05, 0.1) is 7.11 Å². The molecule has 0 bridgehead atoms. The average molecular weight is 202 g/mol. The molecule has 2 rings (SSSR count). The van der Waals surface area contributed by atoms with Gasteiger partial charge in [-0.3, -0.25) is 0 Å². The highest BCUT2D eigenvalue weighted by atomic mass is 16.5. The quantitative estimate of drug-likeness (QED) is 0.661. The molecule has 0 amide bonds. The zero-order valence-electron chi connectivity index (χ0n) is 9.28. The maximum absolute atomic E-state index is 5.41. The molecule has 1 aliphatic rings. The van der Waals surface area contributed by atoms with E-state index in [1.165, 1.54) is 31.2 Å². The zero-order valence-corrected chi connectivity index (χ0v) is 9.28. The lowest BCUT2D eigenvalue weighted by Crippen LogP contribution is -1.98. The summed E-state index contributed by atoms with van der Waals surface area (Å²) in [5, 5.41) is 0. The molecule has 0 aliphatic heterocycles. The van der Waals surface area contributed by atoms with E-state index in [2.05, 4.69) is 24.3 Å². The van der Waals surface area contributed by atoms with Crippen molar-refractivity contribution in [2.45, 2.75) is 31.6 Å². The third-order valence-electron chi connectivity index (χ3n) is 3.04. The minimum atomic E-state index is 0.545. The van der Waals surface area contributed by atoms with Gasteiger partial charge in [-0.05, 0) is 25.3 Å². The Balaban J connectivity index is 2.26. The molecule has 80 valence electrons. The predicted octanol–water partition coefficient (Wildman–Crippen LogP) is 3.91. The molecule has 1 heteroatoms. The van der Waals surface area contributed by atoms with Gasteiger partial charge in [0.15, 0.2) is 0 Å². The summed E-state index contributed by atoms with van der Waals surface area (Å²) in [7, 11) is 1.75. The summed E-state index contributed by atoms with van der Waals surface area (Å²) in [6, 6.07) is 8.35. The van der Waals surface area contributed by atoms with Crippen LogP contribution in [-0.4, -0.2) is 7.11 Å². The van der Waals surface area contributed by atoms with Gasteiger partial charge in [0, 0.05) is 11.5 Å². The Labute approximate surface area is 91.8 Å². The number of allylic oxidation sites excluding steroid dienone is 2. The first kappa shape index (κ1) is 10.3. The molecule has 1 unspecified atom stereocenters. The number of hydrogen-bond acceptors (Lipinski definition) is 1. The molecule has 1 aliphatic carbocycles. The van der Waals surface area contributed by atoms with Gasteiger partial charge < -0.3 is 4.74 Å². The van der Waals surface area contributed by atoms with Crippen molar-refractivity contribution in [3.8, 4) is 5.75 Å². The van der Waals surface area contributed by atoms with Crippen LogP contribution in [0.1, 0.15) is 37.2 Å². The van der Waals surface area contributed by atoms with E-state index in [1.54, 1.807) is 7.11 Å². The summed E-state index contributed by atoms with van der Waals surface area (Å²) < 4.78 is 5.41. The van der Waals surface area contributed by atoms with Gasteiger partial charge in [-0.15, -0.1) is 0 Å². The third kappa shape index (κ3) is 2.41. The van der Waals surface area contributed by atoms with Gasteiger partial charge in [-0.1, -0.05) is 36.8 Å². The third-order valence-corrected chi connectivity index (χ3v) is 3.04. The number of ether oxygens (including phenoxy) is 1. The van der Waals surface area contributed by atoms with E-state index >= 15 is 0 Å². The summed E-state index contributed by atoms with van der Waals surface area (Å²) in [5.74, 6) is 1.57. The van der Waals surface area contributed by atoms with Crippen molar-refractivity contribution in [3.63, 3.8) is 0 Å². The Kier molecular flexibility index (Phi) is 3.44. The Morgan fingerprint density at radius 2 is 2.07 bits per heavy atom. The molecule has 0 saturated carbocycles. The second kappa shape index (κ2) is 5.01. The second-order valence-electron chi connectivity index (χ2n) is 4.06. The molecule has 0 aromatic heterocycles. The zero-order chi connectivity index (χ0) is 10.5. The molecule has 1 aromatic rings. The van der Waals surface area contributed by atoms with Crippen LogP contribution < -0.4 is 4.74 Å². The van der Waals surface area contributed by atoms with Crippen LogP contribution >= 0.6 is 0 Å². The molecule has 0 spiro atoms. The van der Waals surface area contributed by atoms with Crippen molar-refractivity contribution in [1.82, 2.24) is 0 Å². The van der Waals surface area contributed by atoms with Crippen molar-refractivity contribution >= 4 is 0 Å². The minimum Gasteiger partial charge on any atom is -0.496 e. The van der Waals surface area contributed by atoms with Crippen LogP contribution in [0, 0.1) is 0 Å². The lowest BCUT2D eigenvalue weighted by atomic mass is 9.94. The van der Waals surface area contributed by atoms with E-state index in [0.717, 1.165) is 5.75 Å². The molecule has 0 radical (unpaired) electrons. The fourth-order valence-electron chi connectivity index (χ4n) is 2.22. The van der Waals surface area contributed by atoms with E-state index in [4.69, 9.17) is 4.74 Å². The van der Waals surface area contributed by atoms with Crippen LogP contribution in [0.25, 0.3) is 0 Å². The van der Waals surface area contributed by atoms with Crippen molar-refractivity contribution in [2.24, 2.45) is 0 Å².